The number of nitrogens with one attached hydrogen (secondary N) is 1. The summed E-state index contributed by atoms with van der Waals surface area (Å²) in [5.41, 5.74) is 5.13. The van der Waals surface area contributed by atoms with Gasteiger partial charge in [-0.05, 0) is 19.6 Å². The predicted octanol–water partition coefficient (Wildman–Crippen LogP) is 0.983. The maximum atomic E-state index is 11.5. The van der Waals surface area contributed by atoms with Crippen molar-refractivity contribution in [2.45, 2.75) is 32.2 Å². The molecule has 0 fully saturated rings. The van der Waals surface area contributed by atoms with Gasteiger partial charge in [-0.2, -0.15) is 11.8 Å². The van der Waals surface area contributed by atoms with E-state index in [0.717, 1.165) is 18.6 Å². The molecule has 0 rings (SSSR count). The van der Waals surface area contributed by atoms with Crippen molar-refractivity contribution in [3.8, 4) is 0 Å². The van der Waals surface area contributed by atoms with E-state index in [1.165, 1.54) is 0 Å². The maximum Gasteiger partial charge on any atom is 0.239 e. The monoisotopic (exact) mass is 204 g/mol. The lowest BCUT2D eigenvalue weighted by atomic mass is 9.97. The first-order valence-corrected chi connectivity index (χ1v) is 6.00. The molecule has 0 radical (unpaired) electrons. The molecule has 78 valence electrons. The lowest BCUT2D eigenvalue weighted by Gasteiger charge is -2.22. The first-order valence-electron chi connectivity index (χ1n) is 4.60. The molecule has 0 aliphatic carbocycles. The van der Waals surface area contributed by atoms with Crippen LogP contribution in [0.5, 0.6) is 0 Å². The fraction of sp³-hybridized carbons (Fsp3) is 0.889. The summed E-state index contributed by atoms with van der Waals surface area (Å²) in [5, 5.41) is 2.82. The minimum absolute atomic E-state index is 0.0385. The number of hydrogen-bond acceptors (Lipinski definition) is 3. The van der Waals surface area contributed by atoms with E-state index in [9.17, 15) is 4.79 Å². The lowest BCUT2D eigenvalue weighted by molar-refractivity contribution is -0.125. The zero-order valence-corrected chi connectivity index (χ0v) is 9.54. The van der Waals surface area contributed by atoms with Gasteiger partial charge >= 0.3 is 0 Å². The molecule has 3 nitrogen and oxygen atoms in total. The predicted molar refractivity (Wildman–Crippen MR) is 58.9 cm³/mol. The van der Waals surface area contributed by atoms with E-state index >= 15 is 0 Å². The third kappa shape index (κ3) is 5.16. The molecule has 0 aromatic heterocycles. The number of amides is 1. The Hall–Kier alpha value is -0.220. The molecule has 0 saturated heterocycles. The second-order valence-electron chi connectivity index (χ2n) is 3.42. The minimum atomic E-state index is -0.701. The summed E-state index contributed by atoms with van der Waals surface area (Å²) in [5.74, 6) is 0.900. The summed E-state index contributed by atoms with van der Waals surface area (Å²) in [6.07, 6.45) is 3.68. The molecule has 0 aliphatic heterocycles. The summed E-state index contributed by atoms with van der Waals surface area (Å²) in [7, 11) is 0. The summed E-state index contributed by atoms with van der Waals surface area (Å²) in [6, 6.07) is 0. The third-order valence-corrected chi connectivity index (χ3v) is 2.49. The molecule has 1 unspecified atom stereocenters. The molecule has 0 spiro atoms. The van der Waals surface area contributed by atoms with Crippen LogP contribution in [0, 0.1) is 0 Å². The second kappa shape index (κ2) is 6.27. The quantitative estimate of drug-likeness (QED) is 0.634. The summed E-state index contributed by atoms with van der Waals surface area (Å²) in [6.45, 7) is 4.52. The van der Waals surface area contributed by atoms with Crippen molar-refractivity contribution in [2.75, 3.05) is 18.6 Å². The van der Waals surface area contributed by atoms with Crippen molar-refractivity contribution in [3.05, 3.63) is 0 Å². The molecule has 4 heteroatoms. The topological polar surface area (TPSA) is 55.1 Å². The Morgan fingerprint density at radius 1 is 1.62 bits per heavy atom. The maximum absolute atomic E-state index is 11.5. The van der Waals surface area contributed by atoms with E-state index in [0.29, 0.717) is 6.54 Å². The highest BCUT2D eigenvalue weighted by atomic mass is 32.2. The number of thioether (sulfide) groups is 1. The Labute approximate surface area is 84.8 Å². The fourth-order valence-corrected chi connectivity index (χ4v) is 1.41. The highest BCUT2D eigenvalue weighted by Gasteiger charge is 2.26. The largest absolute Gasteiger partial charge is 0.354 e. The van der Waals surface area contributed by atoms with Crippen LogP contribution in [0.4, 0.5) is 0 Å². The van der Waals surface area contributed by atoms with Crippen LogP contribution in [0.15, 0.2) is 0 Å². The van der Waals surface area contributed by atoms with Gasteiger partial charge in [-0.3, -0.25) is 4.79 Å². The van der Waals surface area contributed by atoms with Crippen molar-refractivity contribution >= 4 is 17.7 Å². The van der Waals surface area contributed by atoms with Gasteiger partial charge in [0.15, 0.2) is 0 Å². The molecule has 0 bridgehead atoms. The van der Waals surface area contributed by atoms with Crippen LogP contribution in [0.1, 0.15) is 26.7 Å². The van der Waals surface area contributed by atoms with Crippen LogP contribution in [0.2, 0.25) is 0 Å². The smallest absolute Gasteiger partial charge is 0.239 e. The Balaban J connectivity index is 3.80. The van der Waals surface area contributed by atoms with Gasteiger partial charge in [0.25, 0.3) is 0 Å². The first kappa shape index (κ1) is 12.8. The third-order valence-electron chi connectivity index (χ3n) is 1.88. The Bertz CT molecular complexity index is 160. The number of nitrogens with two attached hydrogens (primary N) is 1. The summed E-state index contributed by atoms with van der Waals surface area (Å²) in [4.78, 5) is 11.5. The van der Waals surface area contributed by atoms with E-state index in [-0.39, 0.29) is 5.91 Å². The molecule has 0 heterocycles. The van der Waals surface area contributed by atoms with Crippen LogP contribution in [-0.2, 0) is 4.79 Å². The minimum Gasteiger partial charge on any atom is -0.354 e. The summed E-state index contributed by atoms with van der Waals surface area (Å²) < 4.78 is 0. The molecule has 0 aromatic rings. The van der Waals surface area contributed by atoms with E-state index < -0.39 is 5.54 Å². The normalized spacial score (nSPS) is 15.1. The number of carbonyl (C=O) groups excluding carboxylic acids is 1. The van der Waals surface area contributed by atoms with Crippen LogP contribution in [0.25, 0.3) is 0 Å². The average molecular weight is 204 g/mol. The molecule has 1 atom stereocenters. The zero-order chi connectivity index (χ0) is 10.3. The summed E-state index contributed by atoms with van der Waals surface area (Å²) >= 11 is 1.71. The molecule has 1 amide bonds. The SMILES string of the molecule is CCCC(C)(N)C(=O)NCCSC. The van der Waals surface area contributed by atoms with Crippen LogP contribution in [-0.4, -0.2) is 30.0 Å². The molecular weight excluding hydrogens is 184 g/mol. The molecule has 0 aromatic carbocycles. The van der Waals surface area contributed by atoms with Crippen molar-refractivity contribution in [1.82, 2.24) is 5.32 Å². The van der Waals surface area contributed by atoms with Crippen molar-refractivity contribution in [3.63, 3.8) is 0 Å². The molecular formula is C9H20N2OS. The molecule has 3 N–H and O–H groups in total. The van der Waals surface area contributed by atoms with E-state index in [2.05, 4.69) is 5.32 Å². The number of carbonyl (C=O) groups is 1. The Kier molecular flexibility index (Phi) is 6.16. The van der Waals surface area contributed by atoms with Gasteiger partial charge in [0.05, 0.1) is 5.54 Å². The van der Waals surface area contributed by atoms with Gasteiger partial charge in [-0.15, -0.1) is 0 Å². The van der Waals surface area contributed by atoms with Gasteiger partial charge in [0.2, 0.25) is 5.91 Å². The van der Waals surface area contributed by atoms with E-state index in [1.54, 1.807) is 18.7 Å². The van der Waals surface area contributed by atoms with Crippen LogP contribution < -0.4 is 11.1 Å². The van der Waals surface area contributed by atoms with Gasteiger partial charge in [-0.1, -0.05) is 13.3 Å². The standard InChI is InChI=1S/C9H20N2OS/c1-4-5-9(2,10)8(12)11-6-7-13-3/h4-7,10H2,1-3H3,(H,11,12). The first-order chi connectivity index (χ1) is 6.04. The van der Waals surface area contributed by atoms with E-state index in [1.807, 2.05) is 13.2 Å². The average Bonchev–Trinajstić information content (AvgIpc) is 2.04. The number of rotatable bonds is 6. The second-order valence-corrected chi connectivity index (χ2v) is 4.40. The lowest BCUT2D eigenvalue weighted by Crippen LogP contribution is -2.51. The molecule has 0 aliphatic rings. The van der Waals surface area contributed by atoms with Gasteiger partial charge in [-0.25, -0.2) is 0 Å². The van der Waals surface area contributed by atoms with Crippen LogP contribution in [0.3, 0.4) is 0 Å². The van der Waals surface area contributed by atoms with Gasteiger partial charge in [0.1, 0.15) is 0 Å². The number of hydrogen-bond donors (Lipinski definition) is 2. The van der Waals surface area contributed by atoms with Crippen LogP contribution >= 0.6 is 11.8 Å². The highest BCUT2D eigenvalue weighted by molar-refractivity contribution is 7.98. The Morgan fingerprint density at radius 2 is 2.23 bits per heavy atom. The Morgan fingerprint density at radius 3 is 2.69 bits per heavy atom. The fourth-order valence-electron chi connectivity index (χ4n) is 1.10. The van der Waals surface area contributed by atoms with Gasteiger partial charge in [0, 0.05) is 12.3 Å². The molecule has 0 saturated carbocycles. The van der Waals surface area contributed by atoms with Crippen molar-refractivity contribution in [2.24, 2.45) is 5.73 Å². The zero-order valence-electron chi connectivity index (χ0n) is 8.72. The van der Waals surface area contributed by atoms with Gasteiger partial charge < -0.3 is 11.1 Å². The van der Waals surface area contributed by atoms with E-state index in [4.69, 9.17) is 5.73 Å². The highest BCUT2D eigenvalue weighted by Crippen LogP contribution is 2.08. The van der Waals surface area contributed by atoms with Crippen molar-refractivity contribution < 1.29 is 4.79 Å². The molecule has 13 heavy (non-hydrogen) atoms. The van der Waals surface area contributed by atoms with Crippen molar-refractivity contribution in [1.29, 1.82) is 0 Å².